The lowest BCUT2D eigenvalue weighted by Gasteiger charge is -2.05. The summed E-state index contributed by atoms with van der Waals surface area (Å²) < 4.78 is 1.20. The third-order valence-corrected chi connectivity index (χ3v) is 3.35. The van der Waals surface area contributed by atoms with Crippen LogP contribution in [-0.4, -0.2) is 20.9 Å². The molecular formula is C13H7Cl2N3O. The summed E-state index contributed by atoms with van der Waals surface area (Å²) in [4.78, 5) is 12.5. The van der Waals surface area contributed by atoms with Gasteiger partial charge in [-0.15, -0.1) is 5.10 Å². The van der Waals surface area contributed by atoms with Gasteiger partial charge < -0.3 is 0 Å². The molecule has 0 aliphatic rings. The number of halogens is 2. The zero-order valence-electron chi connectivity index (χ0n) is 9.55. The van der Waals surface area contributed by atoms with E-state index in [0.717, 1.165) is 0 Å². The fourth-order valence-electron chi connectivity index (χ4n) is 1.83. The van der Waals surface area contributed by atoms with Crippen LogP contribution in [0.2, 0.25) is 10.0 Å². The Bertz CT molecular complexity index is 762. The SMILES string of the molecule is O=C(c1c(Cl)cccc1Cl)n1nnc2ccccc21. The van der Waals surface area contributed by atoms with E-state index in [1.165, 1.54) is 4.68 Å². The molecule has 0 fully saturated rings. The van der Waals surface area contributed by atoms with Crippen LogP contribution >= 0.6 is 23.2 Å². The number of aromatic nitrogens is 3. The summed E-state index contributed by atoms with van der Waals surface area (Å²) in [5, 5.41) is 8.36. The van der Waals surface area contributed by atoms with Crippen molar-refractivity contribution < 1.29 is 4.79 Å². The van der Waals surface area contributed by atoms with Crippen molar-refractivity contribution in [1.82, 2.24) is 15.0 Å². The molecule has 0 saturated heterocycles. The van der Waals surface area contributed by atoms with Gasteiger partial charge in [-0.05, 0) is 24.3 Å². The van der Waals surface area contributed by atoms with Gasteiger partial charge >= 0.3 is 0 Å². The van der Waals surface area contributed by atoms with Gasteiger partial charge in [0.2, 0.25) is 0 Å². The predicted octanol–water partition coefficient (Wildman–Crippen LogP) is 3.43. The molecule has 0 N–H and O–H groups in total. The molecular weight excluding hydrogens is 285 g/mol. The largest absolute Gasteiger partial charge is 0.283 e. The van der Waals surface area contributed by atoms with Crippen LogP contribution in [0.25, 0.3) is 11.0 Å². The average molecular weight is 292 g/mol. The van der Waals surface area contributed by atoms with E-state index >= 15 is 0 Å². The highest BCUT2D eigenvalue weighted by Crippen LogP contribution is 2.25. The standard InChI is InChI=1S/C13H7Cl2N3O/c14-8-4-3-5-9(15)12(8)13(19)18-11-7-2-1-6-10(11)16-17-18/h1-7H. The highest BCUT2D eigenvalue weighted by Gasteiger charge is 2.19. The van der Waals surface area contributed by atoms with Crippen molar-refractivity contribution in [2.45, 2.75) is 0 Å². The van der Waals surface area contributed by atoms with Gasteiger partial charge in [-0.2, -0.15) is 4.68 Å². The molecule has 0 bridgehead atoms. The van der Waals surface area contributed by atoms with Crippen LogP contribution in [-0.2, 0) is 0 Å². The van der Waals surface area contributed by atoms with Crippen molar-refractivity contribution in [3.63, 3.8) is 0 Å². The molecule has 3 aromatic rings. The number of hydrogen-bond donors (Lipinski definition) is 0. The van der Waals surface area contributed by atoms with E-state index in [9.17, 15) is 4.79 Å². The molecule has 0 saturated carbocycles. The van der Waals surface area contributed by atoms with Gasteiger partial charge in [0, 0.05) is 0 Å². The lowest BCUT2D eigenvalue weighted by molar-refractivity contribution is 0.0948. The molecule has 2 aromatic carbocycles. The summed E-state index contributed by atoms with van der Waals surface area (Å²) >= 11 is 12.1. The molecule has 0 amide bonds. The quantitative estimate of drug-likeness (QED) is 0.690. The van der Waals surface area contributed by atoms with Crippen LogP contribution in [0, 0.1) is 0 Å². The maximum atomic E-state index is 12.5. The second-order valence-corrected chi connectivity index (χ2v) is 4.71. The van der Waals surface area contributed by atoms with Gasteiger partial charge in [-0.1, -0.05) is 46.6 Å². The summed E-state index contributed by atoms with van der Waals surface area (Å²) in [5.74, 6) is -0.399. The van der Waals surface area contributed by atoms with Crippen LogP contribution in [0.1, 0.15) is 10.4 Å². The van der Waals surface area contributed by atoms with Crippen LogP contribution in [0.5, 0.6) is 0 Å². The number of nitrogens with zero attached hydrogens (tertiary/aromatic N) is 3. The highest BCUT2D eigenvalue weighted by molar-refractivity contribution is 6.39. The smallest absolute Gasteiger partial charge is 0.267 e. The third-order valence-electron chi connectivity index (χ3n) is 2.72. The number of carbonyl (C=O) groups is 1. The lowest BCUT2D eigenvalue weighted by Crippen LogP contribution is -2.14. The number of carbonyl (C=O) groups excluding carboxylic acids is 1. The minimum atomic E-state index is -0.399. The minimum Gasteiger partial charge on any atom is -0.267 e. The molecule has 6 heteroatoms. The first-order valence-corrected chi connectivity index (χ1v) is 6.23. The fourth-order valence-corrected chi connectivity index (χ4v) is 2.39. The predicted molar refractivity (Wildman–Crippen MR) is 73.7 cm³/mol. The number of rotatable bonds is 1. The Labute approximate surface area is 118 Å². The zero-order chi connectivity index (χ0) is 13.4. The van der Waals surface area contributed by atoms with E-state index < -0.39 is 5.91 Å². The van der Waals surface area contributed by atoms with Crippen molar-refractivity contribution in [3.8, 4) is 0 Å². The molecule has 0 atom stereocenters. The van der Waals surface area contributed by atoms with Crippen LogP contribution in [0.3, 0.4) is 0 Å². The molecule has 19 heavy (non-hydrogen) atoms. The van der Waals surface area contributed by atoms with Crippen molar-refractivity contribution in [2.75, 3.05) is 0 Å². The first-order chi connectivity index (χ1) is 9.18. The van der Waals surface area contributed by atoms with Gasteiger partial charge in [0.25, 0.3) is 5.91 Å². The normalized spacial score (nSPS) is 10.8. The summed E-state index contributed by atoms with van der Waals surface area (Å²) in [6, 6.07) is 12.1. The maximum absolute atomic E-state index is 12.5. The topological polar surface area (TPSA) is 47.8 Å². The Hall–Kier alpha value is -1.91. The molecule has 1 aromatic heterocycles. The van der Waals surface area contributed by atoms with Crippen LogP contribution in [0.4, 0.5) is 0 Å². The van der Waals surface area contributed by atoms with Crippen molar-refractivity contribution in [1.29, 1.82) is 0 Å². The van der Waals surface area contributed by atoms with Crippen molar-refractivity contribution in [3.05, 3.63) is 58.1 Å². The van der Waals surface area contributed by atoms with Gasteiger partial charge in [-0.3, -0.25) is 4.79 Å². The first kappa shape index (κ1) is 12.1. The average Bonchev–Trinajstić information content (AvgIpc) is 2.82. The Morgan fingerprint density at radius 1 is 1.00 bits per heavy atom. The highest BCUT2D eigenvalue weighted by atomic mass is 35.5. The summed E-state index contributed by atoms with van der Waals surface area (Å²) in [6.07, 6.45) is 0. The first-order valence-electron chi connectivity index (χ1n) is 5.47. The second kappa shape index (κ2) is 4.64. The monoisotopic (exact) mass is 291 g/mol. The molecule has 0 aliphatic heterocycles. The summed E-state index contributed by atoms with van der Waals surface area (Å²) in [6.45, 7) is 0. The van der Waals surface area contributed by atoms with Gasteiger partial charge in [-0.25, -0.2) is 0 Å². The van der Waals surface area contributed by atoms with E-state index in [2.05, 4.69) is 10.3 Å². The van der Waals surface area contributed by atoms with E-state index in [4.69, 9.17) is 23.2 Å². The Balaban J connectivity index is 2.20. The van der Waals surface area contributed by atoms with E-state index in [0.29, 0.717) is 11.0 Å². The molecule has 0 unspecified atom stereocenters. The van der Waals surface area contributed by atoms with E-state index in [1.807, 2.05) is 12.1 Å². The van der Waals surface area contributed by atoms with Crippen molar-refractivity contribution in [2.24, 2.45) is 0 Å². The number of benzene rings is 2. The number of fused-ring (bicyclic) bond motifs is 1. The van der Waals surface area contributed by atoms with Gasteiger partial charge in [0.15, 0.2) is 0 Å². The molecule has 94 valence electrons. The molecule has 3 rings (SSSR count). The van der Waals surface area contributed by atoms with Crippen LogP contribution < -0.4 is 0 Å². The molecule has 0 radical (unpaired) electrons. The zero-order valence-corrected chi connectivity index (χ0v) is 11.1. The summed E-state index contributed by atoms with van der Waals surface area (Å²) in [7, 11) is 0. The molecule has 0 aliphatic carbocycles. The Morgan fingerprint density at radius 2 is 1.68 bits per heavy atom. The fraction of sp³-hybridized carbons (Fsp3) is 0. The maximum Gasteiger partial charge on any atom is 0.283 e. The minimum absolute atomic E-state index is 0.224. The number of hydrogen-bond acceptors (Lipinski definition) is 3. The Morgan fingerprint density at radius 3 is 2.42 bits per heavy atom. The van der Waals surface area contributed by atoms with Crippen molar-refractivity contribution >= 4 is 40.1 Å². The lowest BCUT2D eigenvalue weighted by atomic mass is 10.2. The van der Waals surface area contributed by atoms with Gasteiger partial charge in [0.1, 0.15) is 5.52 Å². The third kappa shape index (κ3) is 1.99. The Kier molecular flexibility index (Phi) is 2.97. The number of para-hydroxylation sites is 1. The van der Waals surface area contributed by atoms with Gasteiger partial charge in [0.05, 0.1) is 21.1 Å². The second-order valence-electron chi connectivity index (χ2n) is 3.89. The summed E-state index contributed by atoms with van der Waals surface area (Å²) in [5.41, 5.74) is 1.48. The molecule has 4 nitrogen and oxygen atoms in total. The van der Waals surface area contributed by atoms with E-state index in [-0.39, 0.29) is 15.6 Å². The van der Waals surface area contributed by atoms with E-state index in [1.54, 1.807) is 30.3 Å². The molecule has 1 heterocycles. The molecule has 0 spiro atoms. The van der Waals surface area contributed by atoms with Crippen LogP contribution in [0.15, 0.2) is 42.5 Å².